The Morgan fingerprint density at radius 2 is 1.83 bits per heavy atom. The van der Waals surface area contributed by atoms with Crippen LogP contribution in [0.2, 0.25) is 0 Å². The SMILES string of the molecule is CC(C)(C)OC(=O)c1ncn2c1c(=O)n(CCN1CCOCC1)c1ccccc12. The number of carbonyl (C=O) groups is 1. The summed E-state index contributed by atoms with van der Waals surface area (Å²) in [5.41, 5.74) is 1.03. The summed E-state index contributed by atoms with van der Waals surface area (Å²) in [6.45, 7) is 9.75. The van der Waals surface area contributed by atoms with E-state index >= 15 is 0 Å². The molecule has 0 saturated carbocycles. The van der Waals surface area contributed by atoms with Crippen LogP contribution in [0.3, 0.4) is 0 Å². The van der Waals surface area contributed by atoms with Gasteiger partial charge in [-0.25, -0.2) is 9.78 Å². The third-order valence-corrected chi connectivity index (χ3v) is 4.98. The van der Waals surface area contributed by atoms with Crippen LogP contribution < -0.4 is 5.56 Å². The fraction of sp³-hybridized carbons (Fsp3) is 0.476. The first kappa shape index (κ1) is 19.6. The van der Waals surface area contributed by atoms with E-state index in [4.69, 9.17) is 9.47 Å². The Morgan fingerprint density at radius 1 is 1.14 bits per heavy atom. The molecule has 1 fully saturated rings. The molecule has 0 unspecified atom stereocenters. The van der Waals surface area contributed by atoms with Gasteiger partial charge >= 0.3 is 5.97 Å². The Labute approximate surface area is 168 Å². The van der Waals surface area contributed by atoms with E-state index < -0.39 is 11.6 Å². The molecule has 1 saturated heterocycles. The molecule has 1 aromatic carbocycles. The number of fused-ring (bicyclic) bond motifs is 3. The fourth-order valence-electron chi connectivity index (χ4n) is 3.63. The maximum absolute atomic E-state index is 13.4. The lowest BCUT2D eigenvalue weighted by Crippen LogP contribution is -2.39. The first-order chi connectivity index (χ1) is 13.8. The van der Waals surface area contributed by atoms with Crippen LogP contribution in [-0.2, 0) is 16.0 Å². The Hall–Kier alpha value is -2.71. The standard InChI is InChI=1S/C21H26N4O4/c1-21(2,3)29-20(27)17-18-19(26)24(9-8-23-10-12-28-13-11-23)15-6-4-5-7-16(15)25(18)14-22-17/h4-7,14H,8-13H2,1-3H3. The number of benzene rings is 1. The summed E-state index contributed by atoms with van der Waals surface area (Å²) < 4.78 is 14.3. The average Bonchev–Trinajstić information content (AvgIpc) is 3.13. The molecule has 8 heteroatoms. The van der Waals surface area contributed by atoms with Crippen LogP contribution in [-0.4, -0.2) is 63.3 Å². The van der Waals surface area contributed by atoms with Gasteiger partial charge in [-0.15, -0.1) is 0 Å². The van der Waals surface area contributed by atoms with Crippen LogP contribution in [0.4, 0.5) is 0 Å². The summed E-state index contributed by atoms with van der Waals surface area (Å²) in [4.78, 5) is 32.6. The molecule has 0 amide bonds. The maximum Gasteiger partial charge on any atom is 0.359 e. The number of imidazole rings is 1. The summed E-state index contributed by atoms with van der Waals surface area (Å²) in [6, 6.07) is 7.66. The van der Waals surface area contributed by atoms with E-state index in [9.17, 15) is 9.59 Å². The van der Waals surface area contributed by atoms with Crippen molar-refractivity contribution < 1.29 is 14.3 Å². The highest BCUT2D eigenvalue weighted by Crippen LogP contribution is 2.19. The van der Waals surface area contributed by atoms with E-state index in [1.165, 1.54) is 6.33 Å². The molecule has 2 aromatic heterocycles. The number of hydrogen-bond acceptors (Lipinski definition) is 6. The molecule has 0 atom stereocenters. The molecule has 0 bridgehead atoms. The van der Waals surface area contributed by atoms with Gasteiger partial charge in [-0.2, -0.15) is 0 Å². The molecule has 4 rings (SSSR count). The molecule has 0 radical (unpaired) electrons. The second kappa shape index (κ2) is 7.61. The number of rotatable bonds is 4. The molecule has 0 N–H and O–H groups in total. The van der Waals surface area contributed by atoms with Gasteiger partial charge in [-0.05, 0) is 32.9 Å². The van der Waals surface area contributed by atoms with E-state index in [1.807, 2.05) is 24.3 Å². The molecule has 8 nitrogen and oxygen atoms in total. The van der Waals surface area contributed by atoms with Crippen LogP contribution in [0.1, 0.15) is 31.3 Å². The van der Waals surface area contributed by atoms with Crippen molar-refractivity contribution in [1.82, 2.24) is 18.9 Å². The van der Waals surface area contributed by atoms with Crippen molar-refractivity contribution in [3.05, 3.63) is 46.6 Å². The molecule has 0 aliphatic carbocycles. The Balaban J connectivity index is 1.80. The minimum atomic E-state index is -0.667. The quantitative estimate of drug-likeness (QED) is 0.625. The minimum absolute atomic E-state index is 0.0517. The van der Waals surface area contributed by atoms with Crippen molar-refractivity contribution in [1.29, 1.82) is 0 Å². The van der Waals surface area contributed by atoms with Crippen LogP contribution in [0.15, 0.2) is 35.4 Å². The third-order valence-electron chi connectivity index (χ3n) is 4.98. The van der Waals surface area contributed by atoms with Gasteiger partial charge in [-0.1, -0.05) is 12.1 Å². The monoisotopic (exact) mass is 398 g/mol. The lowest BCUT2D eigenvalue weighted by Gasteiger charge is -2.27. The largest absolute Gasteiger partial charge is 0.455 e. The molecular weight excluding hydrogens is 372 g/mol. The molecule has 3 aromatic rings. The van der Waals surface area contributed by atoms with Crippen LogP contribution in [0, 0.1) is 0 Å². The smallest absolute Gasteiger partial charge is 0.359 e. The topological polar surface area (TPSA) is 78.1 Å². The first-order valence-corrected chi connectivity index (χ1v) is 9.87. The summed E-state index contributed by atoms with van der Waals surface area (Å²) in [7, 11) is 0. The van der Waals surface area contributed by atoms with E-state index in [0.29, 0.717) is 19.8 Å². The van der Waals surface area contributed by atoms with Crippen molar-refractivity contribution in [3.63, 3.8) is 0 Å². The van der Waals surface area contributed by atoms with Gasteiger partial charge in [0.1, 0.15) is 17.4 Å². The van der Waals surface area contributed by atoms with Crippen molar-refractivity contribution in [2.45, 2.75) is 32.9 Å². The summed E-state index contributed by atoms with van der Waals surface area (Å²) in [5, 5.41) is 0. The Bertz CT molecular complexity index is 1100. The number of hydrogen-bond donors (Lipinski definition) is 0. The number of esters is 1. The molecule has 3 heterocycles. The van der Waals surface area contributed by atoms with E-state index in [2.05, 4.69) is 9.88 Å². The van der Waals surface area contributed by atoms with Crippen LogP contribution >= 0.6 is 0 Å². The van der Waals surface area contributed by atoms with Crippen molar-refractivity contribution in [2.24, 2.45) is 0 Å². The van der Waals surface area contributed by atoms with Gasteiger partial charge in [0, 0.05) is 26.2 Å². The molecule has 29 heavy (non-hydrogen) atoms. The highest BCUT2D eigenvalue weighted by molar-refractivity contribution is 5.96. The van der Waals surface area contributed by atoms with Gasteiger partial charge in [-0.3, -0.25) is 14.1 Å². The van der Waals surface area contributed by atoms with Gasteiger partial charge in [0.05, 0.1) is 24.2 Å². The van der Waals surface area contributed by atoms with Crippen LogP contribution in [0.5, 0.6) is 0 Å². The Morgan fingerprint density at radius 3 is 2.52 bits per heavy atom. The zero-order valence-electron chi connectivity index (χ0n) is 17.1. The summed E-state index contributed by atoms with van der Waals surface area (Å²) in [6.07, 6.45) is 1.52. The number of para-hydroxylation sites is 2. The third kappa shape index (κ3) is 3.90. The number of morpholine rings is 1. The van der Waals surface area contributed by atoms with Gasteiger partial charge < -0.3 is 14.0 Å². The molecule has 1 aliphatic rings. The first-order valence-electron chi connectivity index (χ1n) is 9.87. The summed E-state index contributed by atoms with van der Waals surface area (Å²) in [5.74, 6) is -0.591. The molecule has 0 spiro atoms. The van der Waals surface area contributed by atoms with E-state index in [0.717, 1.165) is 30.7 Å². The number of carbonyl (C=O) groups excluding carboxylic acids is 1. The number of nitrogens with zero attached hydrogens (tertiary/aromatic N) is 4. The highest BCUT2D eigenvalue weighted by Gasteiger charge is 2.25. The predicted molar refractivity (Wildman–Crippen MR) is 109 cm³/mol. The van der Waals surface area contributed by atoms with Crippen molar-refractivity contribution in [3.8, 4) is 0 Å². The van der Waals surface area contributed by atoms with Crippen molar-refractivity contribution in [2.75, 3.05) is 32.8 Å². The van der Waals surface area contributed by atoms with Gasteiger partial charge in [0.25, 0.3) is 5.56 Å². The Kier molecular flexibility index (Phi) is 5.14. The van der Waals surface area contributed by atoms with E-state index in [-0.39, 0.29) is 16.8 Å². The normalized spacial score (nSPS) is 15.8. The molecular formula is C21H26N4O4. The van der Waals surface area contributed by atoms with Gasteiger partial charge in [0.15, 0.2) is 5.69 Å². The molecule has 154 valence electrons. The zero-order chi connectivity index (χ0) is 20.6. The second-order valence-electron chi connectivity index (χ2n) is 8.21. The van der Waals surface area contributed by atoms with Crippen LogP contribution in [0.25, 0.3) is 16.6 Å². The zero-order valence-corrected chi connectivity index (χ0v) is 17.1. The highest BCUT2D eigenvalue weighted by atomic mass is 16.6. The van der Waals surface area contributed by atoms with Gasteiger partial charge in [0.2, 0.25) is 0 Å². The van der Waals surface area contributed by atoms with Crippen molar-refractivity contribution >= 4 is 22.5 Å². The summed E-state index contributed by atoms with van der Waals surface area (Å²) >= 11 is 0. The average molecular weight is 398 g/mol. The predicted octanol–water partition coefficient (Wildman–Crippen LogP) is 1.94. The lowest BCUT2D eigenvalue weighted by molar-refractivity contribution is 0.00656. The fourth-order valence-corrected chi connectivity index (χ4v) is 3.63. The molecule has 1 aliphatic heterocycles. The van der Waals surface area contributed by atoms with E-state index in [1.54, 1.807) is 29.7 Å². The maximum atomic E-state index is 13.4. The lowest BCUT2D eigenvalue weighted by atomic mass is 10.2. The second-order valence-corrected chi connectivity index (χ2v) is 8.21. The number of aromatic nitrogens is 3. The minimum Gasteiger partial charge on any atom is -0.455 e. The number of ether oxygens (including phenoxy) is 2.